The molecule has 0 aliphatic carbocycles. The highest BCUT2D eigenvalue weighted by atomic mass is 19.1. The molecule has 1 atom stereocenters. The summed E-state index contributed by atoms with van der Waals surface area (Å²) < 4.78 is 13.1. The van der Waals surface area contributed by atoms with Crippen molar-refractivity contribution in [3.8, 4) is 5.75 Å². The minimum absolute atomic E-state index is 0.131. The summed E-state index contributed by atoms with van der Waals surface area (Å²) in [7, 11) is 0. The first-order valence-electron chi connectivity index (χ1n) is 4.15. The molecule has 0 saturated carbocycles. The number of carboxylic acids is 1. The number of carbonyl (C=O) groups is 1. The van der Waals surface area contributed by atoms with Gasteiger partial charge in [0.25, 0.3) is 0 Å². The molecule has 0 radical (unpaired) electrons. The summed E-state index contributed by atoms with van der Waals surface area (Å²) in [5.41, 5.74) is 0.393. The van der Waals surface area contributed by atoms with Gasteiger partial charge in [-0.2, -0.15) is 0 Å². The lowest BCUT2D eigenvalue weighted by Crippen LogP contribution is -2.07. The predicted octanol–water partition coefficient (Wildman–Crippen LogP) is 2.03. The van der Waals surface area contributed by atoms with Gasteiger partial charge in [0, 0.05) is 5.56 Å². The number of phenols is 1. The van der Waals surface area contributed by atoms with E-state index in [0.29, 0.717) is 0 Å². The van der Waals surface area contributed by atoms with Gasteiger partial charge in [-0.05, 0) is 31.5 Å². The van der Waals surface area contributed by atoms with E-state index in [1.54, 1.807) is 0 Å². The van der Waals surface area contributed by atoms with Gasteiger partial charge in [0.15, 0.2) is 0 Å². The van der Waals surface area contributed by atoms with Crippen LogP contribution < -0.4 is 0 Å². The number of benzene rings is 1. The van der Waals surface area contributed by atoms with Crippen LogP contribution in [0.25, 0.3) is 0 Å². The summed E-state index contributed by atoms with van der Waals surface area (Å²) in [4.78, 5) is 10.6. The molecule has 2 N–H and O–H groups in total. The largest absolute Gasteiger partial charge is 0.508 e. The Hall–Kier alpha value is -1.58. The molecule has 0 amide bonds. The molecular weight excluding hydrogens is 187 g/mol. The third kappa shape index (κ3) is 1.84. The monoisotopic (exact) mass is 198 g/mol. The summed E-state index contributed by atoms with van der Waals surface area (Å²) in [5, 5.41) is 18.0. The van der Waals surface area contributed by atoms with Crippen LogP contribution >= 0.6 is 0 Å². The Labute approximate surface area is 80.8 Å². The number of aromatic hydroxyl groups is 1. The lowest BCUT2D eigenvalue weighted by Gasteiger charge is -2.09. The smallest absolute Gasteiger partial charge is 0.310 e. The van der Waals surface area contributed by atoms with Crippen molar-refractivity contribution < 1.29 is 19.4 Å². The average molecular weight is 198 g/mol. The Bertz CT molecular complexity index is 351. The van der Waals surface area contributed by atoms with Gasteiger partial charge in [0.1, 0.15) is 11.6 Å². The van der Waals surface area contributed by atoms with Crippen LogP contribution in [0.1, 0.15) is 24.0 Å². The number of rotatable bonds is 2. The van der Waals surface area contributed by atoms with Crippen LogP contribution in [-0.2, 0) is 4.79 Å². The summed E-state index contributed by atoms with van der Waals surface area (Å²) in [6.07, 6.45) is 0. The van der Waals surface area contributed by atoms with Gasteiger partial charge in [-0.1, -0.05) is 0 Å². The van der Waals surface area contributed by atoms with Gasteiger partial charge in [-0.3, -0.25) is 4.79 Å². The van der Waals surface area contributed by atoms with Crippen LogP contribution in [0, 0.1) is 12.7 Å². The molecule has 0 aromatic heterocycles. The molecule has 0 saturated heterocycles. The standard InChI is InChI=1S/C10H11FO3/c1-5(10(13)14)7-3-8(11)6(2)9(12)4-7/h3-5,12H,1-2H3,(H,13,14). The van der Waals surface area contributed by atoms with Crippen LogP contribution in [0.5, 0.6) is 5.75 Å². The van der Waals surface area contributed by atoms with Crippen molar-refractivity contribution in [2.24, 2.45) is 0 Å². The predicted molar refractivity (Wildman–Crippen MR) is 48.9 cm³/mol. The van der Waals surface area contributed by atoms with E-state index in [1.807, 2.05) is 0 Å². The number of hydrogen-bond donors (Lipinski definition) is 2. The van der Waals surface area contributed by atoms with Crippen molar-refractivity contribution in [3.63, 3.8) is 0 Å². The van der Waals surface area contributed by atoms with Gasteiger partial charge < -0.3 is 10.2 Å². The lowest BCUT2D eigenvalue weighted by atomic mass is 9.99. The fraction of sp³-hybridized carbons (Fsp3) is 0.300. The third-order valence-corrected chi connectivity index (χ3v) is 2.21. The van der Waals surface area contributed by atoms with Crippen molar-refractivity contribution in [3.05, 3.63) is 29.1 Å². The van der Waals surface area contributed by atoms with E-state index in [0.717, 1.165) is 6.07 Å². The van der Waals surface area contributed by atoms with Gasteiger partial charge in [0.2, 0.25) is 0 Å². The van der Waals surface area contributed by atoms with E-state index < -0.39 is 17.7 Å². The molecule has 76 valence electrons. The highest BCUT2D eigenvalue weighted by Crippen LogP contribution is 2.26. The quantitative estimate of drug-likeness (QED) is 0.764. The Morgan fingerprint density at radius 1 is 1.50 bits per heavy atom. The van der Waals surface area contributed by atoms with Gasteiger partial charge >= 0.3 is 5.97 Å². The number of aliphatic carboxylic acids is 1. The number of phenolic OH excluding ortho intramolecular Hbond substituents is 1. The molecule has 0 spiro atoms. The Kier molecular flexibility index (Phi) is 2.74. The van der Waals surface area contributed by atoms with Crippen LogP contribution in [-0.4, -0.2) is 16.2 Å². The van der Waals surface area contributed by atoms with Crippen molar-refractivity contribution in [2.45, 2.75) is 19.8 Å². The lowest BCUT2D eigenvalue weighted by molar-refractivity contribution is -0.138. The zero-order chi connectivity index (χ0) is 10.9. The maximum atomic E-state index is 13.1. The van der Waals surface area contributed by atoms with Crippen LogP contribution in [0.3, 0.4) is 0 Å². The molecule has 0 fully saturated rings. The molecule has 1 aromatic carbocycles. The second-order valence-electron chi connectivity index (χ2n) is 3.21. The van der Waals surface area contributed by atoms with Crippen molar-refractivity contribution in [1.29, 1.82) is 0 Å². The summed E-state index contributed by atoms with van der Waals surface area (Å²) in [6, 6.07) is 2.41. The van der Waals surface area contributed by atoms with E-state index in [9.17, 15) is 14.3 Å². The van der Waals surface area contributed by atoms with Crippen LogP contribution in [0.4, 0.5) is 4.39 Å². The van der Waals surface area contributed by atoms with Crippen LogP contribution in [0.15, 0.2) is 12.1 Å². The molecule has 0 bridgehead atoms. The zero-order valence-corrected chi connectivity index (χ0v) is 7.91. The number of hydrogen-bond acceptors (Lipinski definition) is 2. The van der Waals surface area contributed by atoms with Gasteiger partial charge in [-0.15, -0.1) is 0 Å². The zero-order valence-electron chi connectivity index (χ0n) is 7.91. The highest BCUT2D eigenvalue weighted by molar-refractivity contribution is 5.75. The SMILES string of the molecule is Cc1c(O)cc(C(C)C(=O)O)cc1F. The minimum Gasteiger partial charge on any atom is -0.508 e. The summed E-state index contributed by atoms with van der Waals surface area (Å²) in [6.45, 7) is 2.87. The molecule has 14 heavy (non-hydrogen) atoms. The molecule has 4 heteroatoms. The molecule has 1 aromatic rings. The normalized spacial score (nSPS) is 12.5. The molecule has 1 unspecified atom stereocenters. The van der Waals surface area contributed by atoms with E-state index in [1.165, 1.54) is 19.9 Å². The maximum Gasteiger partial charge on any atom is 0.310 e. The molecule has 3 nitrogen and oxygen atoms in total. The van der Waals surface area contributed by atoms with E-state index in [4.69, 9.17) is 5.11 Å². The molecule has 0 aliphatic heterocycles. The summed E-state index contributed by atoms with van der Waals surface area (Å²) >= 11 is 0. The van der Waals surface area contributed by atoms with E-state index in [-0.39, 0.29) is 16.9 Å². The van der Waals surface area contributed by atoms with Gasteiger partial charge in [-0.25, -0.2) is 4.39 Å². The molecular formula is C10H11FO3. The second-order valence-corrected chi connectivity index (χ2v) is 3.21. The first kappa shape index (κ1) is 10.5. The fourth-order valence-corrected chi connectivity index (χ4v) is 1.08. The Morgan fingerprint density at radius 3 is 2.50 bits per heavy atom. The van der Waals surface area contributed by atoms with Crippen molar-refractivity contribution >= 4 is 5.97 Å². The summed E-state index contributed by atoms with van der Waals surface area (Å²) in [5.74, 6) is -2.68. The average Bonchev–Trinajstić information content (AvgIpc) is 2.12. The molecule has 0 aliphatic rings. The maximum absolute atomic E-state index is 13.1. The van der Waals surface area contributed by atoms with Gasteiger partial charge in [0.05, 0.1) is 5.92 Å². The van der Waals surface area contributed by atoms with Crippen molar-refractivity contribution in [1.82, 2.24) is 0 Å². The third-order valence-electron chi connectivity index (χ3n) is 2.21. The van der Waals surface area contributed by atoms with Crippen LogP contribution in [0.2, 0.25) is 0 Å². The fourth-order valence-electron chi connectivity index (χ4n) is 1.08. The van der Waals surface area contributed by atoms with E-state index >= 15 is 0 Å². The first-order valence-corrected chi connectivity index (χ1v) is 4.15. The molecule has 1 rings (SSSR count). The number of carboxylic acid groups (broad SMARTS) is 1. The van der Waals surface area contributed by atoms with Crippen molar-refractivity contribution in [2.75, 3.05) is 0 Å². The minimum atomic E-state index is -1.05. The number of halogens is 1. The van der Waals surface area contributed by atoms with E-state index in [2.05, 4.69) is 0 Å². The highest BCUT2D eigenvalue weighted by Gasteiger charge is 2.16. The first-order chi connectivity index (χ1) is 6.43. The topological polar surface area (TPSA) is 57.5 Å². The Morgan fingerprint density at radius 2 is 2.07 bits per heavy atom. The molecule has 0 heterocycles. The Balaban J connectivity index is 3.19. The second kappa shape index (κ2) is 3.65.